The molecule has 0 aliphatic rings. The molecule has 1 unspecified atom stereocenters. The zero-order chi connectivity index (χ0) is 15.6. The van der Waals surface area contributed by atoms with Crippen LogP contribution in [0, 0.1) is 0 Å². The number of aromatic nitrogens is 1. The molecular formula is C14H13ClF3N3. The van der Waals surface area contributed by atoms with Gasteiger partial charge in [0.05, 0.1) is 10.6 Å². The SMILES string of the molecule is CC(N)c1ccc(Nc2ccc(Cl)c(C(F)(F)F)c2)nc1. The van der Waals surface area contributed by atoms with Gasteiger partial charge >= 0.3 is 6.18 Å². The highest BCUT2D eigenvalue weighted by atomic mass is 35.5. The third kappa shape index (κ3) is 3.86. The first-order valence-electron chi connectivity index (χ1n) is 6.12. The summed E-state index contributed by atoms with van der Waals surface area (Å²) in [4.78, 5) is 4.10. The number of nitrogens with two attached hydrogens (primary N) is 1. The predicted octanol–water partition coefficient (Wildman–Crippen LogP) is 4.52. The molecule has 0 saturated heterocycles. The van der Waals surface area contributed by atoms with Crippen molar-refractivity contribution in [3.63, 3.8) is 0 Å². The zero-order valence-corrected chi connectivity index (χ0v) is 11.8. The van der Waals surface area contributed by atoms with Crippen LogP contribution in [0.5, 0.6) is 0 Å². The number of nitrogens with zero attached hydrogens (tertiary/aromatic N) is 1. The molecule has 0 radical (unpaired) electrons. The van der Waals surface area contributed by atoms with Crippen LogP contribution in [-0.4, -0.2) is 4.98 Å². The average molecular weight is 316 g/mol. The van der Waals surface area contributed by atoms with Gasteiger partial charge in [0.2, 0.25) is 0 Å². The Morgan fingerprint density at radius 3 is 2.48 bits per heavy atom. The lowest BCUT2D eigenvalue weighted by atomic mass is 10.1. The van der Waals surface area contributed by atoms with E-state index in [2.05, 4.69) is 10.3 Å². The number of hydrogen-bond donors (Lipinski definition) is 2. The van der Waals surface area contributed by atoms with Crippen molar-refractivity contribution in [2.24, 2.45) is 5.73 Å². The molecule has 1 aromatic carbocycles. The summed E-state index contributed by atoms with van der Waals surface area (Å²) in [7, 11) is 0. The summed E-state index contributed by atoms with van der Waals surface area (Å²) in [5.41, 5.74) is 5.91. The number of rotatable bonds is 3. The first-order valence-corrected chi connectivity index (χ1v) is 6.50. The fourth-order valence-corrected chi connectivity index (χ4v) is 1.94. The van der Waals surface area contributed by atoms with Crippen LogP contribution in [0.4, 0.5) is 24.7 Å². The minimum atomic E-state index is -4.50. The van der Waals surface area contributed by atoms with E-state index >= 15 is 0 Å². The molecule has 3 nitrogen and oxygen atoms in total. The fourth-order valence-electron chi connectivity index (χ4n) is 1.72. The van der Waals surface area contributed by atoms with Gasteiger partial charge in [-0.3, -0.25) is 0 Å². The molecule has 7 heteroatoms. The van der Waals surface area contributed by atoms with E-state index in [0.717, 1.165) is 11.6 Å². The highest BCUT2D eigenvalue weighted by Crippen LogP contribution is 2.36. The Morgan fingerprint density at radius 2 is 1.95 bits per heavy atom. The van der Waals surface area contributed by atoms with E-state index in [0.29, 0.717) is 5.82 Å². The first-order chi connectivity index (χ1) is 9.77. The van der Waals surface area contributed by atoms with E-state index in [9.17, 15) is 13.2 Å². The van der Waals surface area contributed by atoms with E-state index in [1.54, 1.807) is 18.3 Å². The van der Waals surface area contributed by atoms with Gasteiger partial charge in [0, 0.05) is 17.9 Å². The smallest absolute Gasteiger partial charge is 0.340 e. The Kier molecular flexibility index (Phi) is 4.39. The summed E-state index contributed by atoms with van der Waals surface area (Å²) >= 11 is 5.56. The Balaban J connectivity index is 2.24. The Hall–Kier alpha value is -1.79. The van der Waals surface area contributed by atoms with Crippen LogP contribution in [0.2, 0.25) is 5.02 Å². The number of alkyl halides is 3. The topological polar surface area (TPSA) is 50.9 Å². The molecular weight excluding hydrogens is 303 g/mol. The third-order valence-corrected chi connectivity index (χ3v) is 3.19. The van der Waals surface area contributed by atoms with Gasteiger partial charge < -0.3 is 11.1 Å². The lowest BCUT2D eigenvalue weighted by molar-refractivity contribution is -0.137. The first kappa shape index (κ1) is 15.6. The number of nitrogens with one attached hydrogen (secondary N) is 1. The highest BCUT2D eigenvalue weighted by Gasteiger charge is 2.33. The molecule has 0 aliphatic heterocycles. The molecule has 112 valence electrons. The maximum absolute atomic E-state index is 12.8. The van der Waals surface area contributed by atoms with Crippen molar-refractivity contribution in [2.75, 3.05) is 5.32 Å². The lowest BCUT2D eigenvalue weighted by Crippen LogP contribution is -2.07. The monoisotopic (exact) mass is 315 g/mol. The van der Waals surface area contributed by atoms with Crippen molar-refractivity contribution in [3.8, 4) is 0 Å². The maximum Gasteiger partial charge on any atom is 0.417 e. The van der Waals surface area contributed by atoms with Crippen molar-refractivity contribution < 1.29 is 13.2 Å². The van der Waals surface area contributed by atoms with Gasteiger partial charge in [0.15, 0.2) is 0 Å². The summed E-state index contributed by atoms with van der Waals surface area (Å²) in [5, 5.41) is 2.46. The van der Waals surface area contributed by atoms with Gasteiger partial charge in [-0.2, -0.15) is 13.2 Å². The molecule has 0 aliphatic carbocycles. The summed E-state index contributed by atoms with van der Waals surface area (Å²) in [6.45, 7) is 1.82. The molecule has 1 aromatic heterocycles. The molecule has 21 heavy (non-hydrogen) atoms. The van der Waals surface area contributed by atoms with Crippen molar-refractivity contribution >= 4 is 23.1 Å². The van der Waals surface area contributed by atoms with Crippen LogP contribution in [-0.2, 0) is 6.18 Å². The second-order valence-electron chi connectivity index (χ2n) is 4.58. The van der Waals surface area contributed by atoms with Gasteiger partial charge in [-0.05, 0) is 36.8 Å². The molecule has 2 aromatic rings. The third-order valence-electron chi connectivity index (χ3n) is 2.86. The molecule has 3 N–H and O–H groups in total. The largest absolute Gasteiger partial charge is 0.417 e. The predicted molar refractivity (Wildman–Crippen MR) is 76.6 cm³/mol. The van der Waals surface area contributed by atoms with E-state index in [1.165, 1.54) is 12.1 Å². The quantitative estimate of drug-likeness (QED) is 0.875. The van der Waals surface area contributed by atoms with E-state index in [-0.39, 0.29) is 16.8 Å². The molecule has 0 fully saturated rings. The standard InChI is InChI=1S/C14H13ClF3N3/c1-8(19)9-2-5-13(20-7-9)21-10-3-4-12(15)11(6-10)14(16,17)18/h2-8H,19H2,1H3,(H,20,21). The average Bonchev–Trinajstić information content (AvgIpc) is 2.40. The van der Waals surface area contributed by atoms with Crippen LogP contribution in [0.1, 0.15) is 24.1 Å². The number of hydrogen-bond acceptors (Lipinski definition) is 3. The highest BCUT2D eigenvalue weighted by molar-refractivity contribution is 6.31. The van der Waals surface area contributed by atoms with Crippen LogP contribution >= 0.6 is 11.6 Å². The van der Waals surface area contributed by atoms with Crippen molar-refractivity contribution in [1.29, 1.82) is 0 Å². The molecule has 2 rings (SSSR count). The van der Waals surface area contributed by atoms with Gasteiger partial charge in [0.1, 0.15) is 5.82 Å². The summed E-state index contributed by atoms with van der Waals surface area (Å²) in [6, 6.07) is 6.87. The van der Waals surface area contributed by atoms with Crippen molar-refractivity contribution in [3.05, 3.63) is 52.7 Å². The Bertz CT molecular complexity index is 624. The summed E-state index contributed by atoms with van der Waals surface area (Å²) < 4.78 is 38.3. The number of pyridine rings is 1. The normalized spacial score (nSPS) is 13.0. The van der Waals surface area contributed by atoms with Crippen LogP contribution in [0.15, 0.2) is 36.5 Å². The fraction of sp³-hybridized carbons (Fsp3) is 0.214. The van der Waals surface area contributed by atoms with Crippen LogP contribution < -0.4 is 11.1 Å². The number of benzene rings is 1. The Labute approximate surface area is 124 Å². The van der Waals surface area contributed by atoms with Gasteiger partial charge in [0.25, 0.3) is 0 Å². The van der Waals surface area contributed by atoms with Crippen LogP contribution in [0.25, 0.3) is 0 Å². The van der Waals surface area contributed by atoms with Crippen LogP contribution in [0.3, 0.4) is 0 Å². The number of halogens is 4. The molecule has 0 saturated carbocycles. The van der Waals surface area contributed by atoms with Gasteiger partial charge in [-0.15, -0.1) is 0 Å². The van der Waals surface area contributed by atoms with E-state index < -0.39 is 11.7 Å². The number of anilines is 2. The Morgan fingerprint density at radius 1 is 1.24 bits per heavy atom. The minimum Gasteiger partial charge on any atom is -0.340 e. The minimum absolute atomic E-state index is 0.154. The molecule has 1 atom stereocenters. The van der Waals surface area contributed by atoms with Crippen molar-refractivity contribution in [2.45, 2.75) is 19.1 Å². The molecule has 0 amide bonds. The van der Waals surface area contributed by atoms with Crippen molar-refractivity contribution in [1.82, 2.24) is 4.98 Å². The summed E-state index contributed by atoms with van der Waals surface area (Å²) in [6.07, 6.45) is -2.92. The zero-order valence-electron chi connectivity index (χ0n) is 11.1. The van der Waals surface area contributed by atoms with E-state index in [4.69, 9.17) is 17.3 Å². The van der Waals surface area contributed by atoms with Gasteiger partial charge in [-0.1, -0.05) is 17.7 Å². The summed E-state index contributed by atoms with van der Waals surface area (Å²) in [5.74, 6) is 0.426. The molecule has 1 heterocycles. The maximum atomic E-state index is 12.8. The second kappa shape index (κ2) is 5.91. The lowest BCUT2D eigenvalue weighted by Gasteiger charge is -2.12. The molecule has 0 bridgehead atoms. The molecule has 0 spiro atoms. The van der Waals surface area contributed by atoms with E-state index in [1.807, 2.05) is 6.92 Å². The van der Waals surface area contributed by atoms with Gasteiger partial charge in [-0.25, -0.2) is 4.98 Å². The second-order valence-corrected chi connectivity index (χ2v) is 4.99.